The number of amides is 7. The van der Waals surface area contributed by atoms with Crippen LogP contribution >= 0.6 is 0 Å². The second-order valence-electron chi connectivity index (χ2n) is 14.4. The third-order valence-corrected chi connectivity index (χ3v) is 8.85. The molecule has 0 aromatic rings. The molecule has 320 valence electrons. The summed E-state index contributed by atoms with van der Waals surface area (Å²) in [7, 11) is 0. The van der Waals surface area contributed by atoms with Crippen LogP contribution in [0.1, 0.15) is 86.5 Å². The van der Waals surface area contributed by atoms with Gasteiger partial charge in [0.05, 0.1) is 6.04 Å². The molecule has 0 radical (unpaired) electrons. The SMILES string of the molecule is CCCC(NC(=O)C1CC(N)CN1C(=O)C(NC(=O)C(NC(=O)C(CCC(=O)O)NC(=O)C(CCC(=O)O)NC(C)=O)C(C)C)C(C)C)C(=O)C(=O)NCC(=O)O. The number of nitrogens with one attached hydrogen (secondary N) is 6. The van der Waals surface area contributed by atoms with Crippen LogP contribution in [0.4, 0.5) is 0 Å². The van der Waals surface area contributed by atoms with Crippen molar-refractivity contribution in [3.63, 3.8) is 0 Å². The number of nitrogens with zero attached hydrogens (tertiary/aromatic N) is 1. The molecule has 57 heavy (non-hydrogen) atoms. The normalized spacial score (nSPS) is 17.6. The van der Waals surface area contributed by atoms with Crippen molar-refractivity contribution in [3.05, 3.63) is 0 Å². The highest BCUT2D eigenvalue weighted by Crippen LogP contribution is 2.21. The highest BCUT2D eigenvalue weighted by molar-refractivity contribution is 6.38. The number of rotatable bonds is 24. The minimum Gasteiger partial charge on any atom is -0.481 e. The van der Waals surface area contributed by atoms with E-state index in [1.807, 2.05) is 5.32 Å². The first-order valence-corrected chi connectivity index (χ1v) is 18.5. The molecule has 7 atom stereocenters. The number of ketones is 1. The van der Waals surface area contributed by atoms with Gasteiger partial charge in [-0.05, 0) is 37.5 Å². The van der Waals surface area contributed by atoms with E-state index in [-0.39, 0.29) is 25.8 Å². The molecule has 0 aliphatic carbocycles. The first kappa shape index (κ1) is 49.3. The summed E-state index contributed by atoms with van der Waals surface area (Å²) in [6.07, 6.45) is -1.58. The Morgan fingerprint density at radius 1 is 0.667 bits per heavy atom. The van der Waals surface area contributed by atoms with E-state index in [1.165, 1.54) is 0 Å². The maximum absolute atomic E-state index is 14.0. The Bertz CT molecular complexity index is 1540. The Morgan fingerprint density at radius 2 is 1.18 bits per heavy atom. The van der Waals surface area contributed by atoms with Crippen molar-refractivity contribution in [3.8, 4) is 0 Å². The van der Waals surface area contributed by atoms with Gasteiger partial charge in [-0.1, -0.05) is 41.0 Å². The molecule has 22 nitrogen and oxygen atoms in total. The van der Waals surface area contributed by atoms with Crippen molar-refractivity contribution in [1.82, 2.24) is 36.8 Å². The molecule has 0 aromatic heterocycles. The highest BCUT2D eigenvalue weighted by Gasteiger charge is 2.43. The summed E-state index contributed by atoms with van der Waals surface area (Å²) in [4.78, 5) is 139. The van der Waals surface area contributed by atoms with E-state index in [1.54, 1.807) is 34.6 Å². The Hall–Kier alpha value is -5.67. The molecule has 0 saturated carbocycles. The van der Waals surface area contributed by atoms with Crippen LogP contribution in [0.25, 0.3) is 0 Å². The van der Waals surface area contributed by atoms with Crippen LogP contribution in [0.2, 0.25) is 0 Å². The van der Waals surface area contributed by atoms with E-state index >= 15 is 0 Å². The summed E-state index contributed by atoms with van der Waals surface area (Å²) in [5.74, 6) is -12.5. The fraction of sp³-hybridized carbons (Fsp3) is 0.686. The number of hydrogen-bond donors (Lipinski definition) is 10. The molecule has 7 unspecified atom stereocenters. The molecule has 7 amide bonds. The van der Waals surface area contributed by atoms with Crippen molar-refractivity contribution < 1.29 is 68.1 Å². The summed E-state index contributed by atoms with van der Waals surface area (Å²) in [5.41, 5.74) is 6.15. The van der Waals surface area contributed by atoms with Gasteiger partial charge in [-0.3, -0.25) is 52.7 Å². The van der Waals surface area contributed by atoms with Crippen LogP contribution in [0.5, 0.6) is 0 Å². The van der Waals surface area contributed by atoms with Crippen LogP contribution in [0.3, 0.4) is 0 Å². The molecule has 11 N–H and O–H groups in total. The number of hydrogen-bond acceptors (Lipinski definition) is 12. The van der Waals surface area contributed by atoms with Crippen molar-refractivity contribution in [1.29, 1.82) is 0 Å². The van der Waals surface area contributed by atoms with Gasteiger partial charge in [0, 0.05) is 32.4 Å². The Morgan fingerprint density at radius 3 is 1.65 bits per heavy atom. The lowest BCUT2D eigenvalue weighted by molar-refractivity contribution is -0.145. The first-order chi connectivity index (χ1) is 26.5. The lowest BCUT2D eigenvalue weighted by Crippen LogP contribution is -2.61. The zero-order chi connectivity index (χ0) is 43.7. The lowest BCUT2D eigenvalue weighted by Gasteiger charge is -2.33. The van der Waals surface area contributed by atoms with Gasteiger partial charge in [-0.2, -0.15) is 0 Å². The predicted molar refractivity (Wildman–Crippen MR) is 197 cm³/mol. The quantitative estimate of drug-likeness (QED) is 0.0434. The summed E-state index contributed by atoms with van der Waals surface area (Å²) >= 11 is 0. The van der Waals surface area contributed by atoms with Crippen molar-refractivity contribution in [2.75, 3.05) is 13.1 Å². The van der Waals surface area contributed by atoms with Crippen molar-refractivity contribution in [2.24, 2.45) is 17.6 Å². The molecular weight excluding hydrogens is 756 g/mol. The van der Waals surface area contributed by atoms with Crippen LogP contribution in [0.15, 0.2) is 0 Å². The third kappa shape index (κ3) is 16.5. The molecule has 0 bridgehead atoms. The molecule has 1 rings (SSSR count). The minimum absolute atomic E-state index is 0.0201. The van der Waals surface area contributed by atoms with Crippen LogP contribution in [0, 0.1) is 11.8 Å². The molecule has 1 fully saturated rings. The highest BCUT2D eigenvalue weighted by atomic mass is 16.4. The number of carbonyl (C=O) groups is 11. The van der Waals surface area contributed by atoms with E-state index < -0.39 is 145 Å². The lowest BCUT2D eigenvalue weighted by atomic mass is 9.98. The molecule has 1 heterocycles. The van der Waals surface area contributed by atoms with Crippen LogP contribution < -0.4 is 37.6 Å². The van der Waals surface area contributed by atoms with Crippen LogP contribution in [-0.2, 0) is 52.7 Å². The molecule has 0 spiro atoms. The number of carbonyl (C=O) groups excluding carboxylic acids is 8. The van der Waals surface area contributed by atoms with E-state index in [4.69, 9.17) is 15.9 Å². The third-order valence-electron chi connectivity index (χ3n) is 8.85. The van der Waals surface area contributed by atoms with Gasteiger partial charge in [0.25, 0.3) is 5.91 Å². The van der Waals surface area contributed by atoms with E-state index in [0.29, 0.717) is 6.42 Å². The van der Waals surface area contributed by atoms with Gasteiger partial charge in [-0.25, -0.2) is 0 Å². The van der Waals surface area contributed by atoms with E-state index in [2.05, 4.69) is 26.6 Å². The van der Waals surface area contributed by atoms with Gasteiger partial charge in [0.15, 0.2) is 0 Å². The summed E-state index contributed by atoms with van der Waals surface area (Å²) in [5, 5.41) is 41.3. The van der Waals surface area contributed by atoms with Gasteiger partial charge >= 0.3 is 17.9 Å². The second kappa shape index (κ2) is 23.4. The fourth-order valence-electron chi connectivity index (χ4n) is 5.90. The number of carboxylic acids is 3. The average molecular weight is 813 g/mol. The summed E-state index contributed by atoms with van der Waals surface area (Å²) in [6.45, 7) is 8.18. The minimum atomic E-state index is -1.55. The maximum Gasteiger partial charge on any atom is 0.322 e. The largest absolute Gasteiger partial charge is 0.481 e. The van der Waals surface area contributed by atoms with E-state index in [0.717, 1.165) is 11.8 Å². The Kier molecular flexibility index (Phi) is 20.3. The molecule has 0 aromatic carbocycles. The molecule has 1 aliphatic heterocycles. The molecular formula is C35H56N8O14. The van der Waals surface area contributed by atoms with E-state index in [9.17, 15) is 57.8 Å². The smallest absolute Gasteiger partial charge is 0.322 e. The van der Waals surface area contributed by atoms with Crippen molar-refractivity contribution >= 4 is 65.0 Å². The standard InChI is InChI=1S/C35H56N8O14/c1-7-8-20(29(51)34(56)37-14-26(49)50)39-32(54)23-13-19(36)15-43(23)35(57)28(17(4)5)42-33(55)27(16(2)3)41-31(53)22(10-12-25(47)48)40-30(52)21(38-18(6)44)9-11-24(45)46/h16-17,19-23,27-28H,7-15,36H2,1-6H3,(H,37,56)(H,38,44)(H,39,54)(H,40,52)(H,41,53)(H,42,55)(H,45,46)(H,47,48)(H,49,50). The summed E-state index contributed by atoms with van der Waals surface area (Å²) < 4.78 is 0. The Balaban J connectivity index is 3.28. The first-order valence-electron chi connectivity index (χ1n) is 18.5. The molecule has 1 saturated heterocycles. The number of nitrogens with two attached hydrogens (primary N) is 1. The zero-order valence-corrected chi connectivity index (χ0v) is 32.9. The van der Waals surface area contributed by atoms with Crippen LogP contribution in [-0.4, -0.2) is 141 Å². The average Bonchev–Trinajstić information content (AvgIpc) is 3.51. The van der Waals surface area contributed by atoms with Gasteiger partial charge in [-0.15, -0.1) is 0 Å². The number of carboxylic acid groups (broad SMARTS) is 3. The maximum atomic E-state index is 14.0. The van der Waals surface area contributed by atoms with Gasteiger partial charge < -0.3 is 57.9 Å². The second-order valence-corrected chi connectivity index (χ2v) is 14.4. The van der Waals surface area contributed by atoms with Gasteiger partial charge in [0.2, 0.25) is 41.2 Å². The summed E-state index contributed by atoms with van der Waals surface area (Å²) in [6, 6.07) is -8.84. The van der Waals surface area contributed by atoms with Crippen molar-refractivity contribution in [2.45, 2.75) is 129 Å². The molecule has 22 heteroatoms. The Labute approximate surface area is 329 Å². The number of Topliss-reactive ketones (excluding diaryl/α,β-unsaturated/α-hetero) is 1. The predicted octanol–water partition coefficient (Wildman–Crippen LogP) is -3.03. The van der Waals surface area contributed by atoms with Gasteiger partial charge in [0.1, 0.15) is 36.8 Å². The topological polar surface area (TPSA) is 350 Å². The number of likely N-dealkylation sites (tertiary alicyclic amines) is 1. The fourth-order valence-corrected chi connectivity index (χ4v) is 5.90. The monoisotopic (exact) mass is 812 g/mol. The number of aliphatic carboxylic acids is 3. The zero-order valence-electron chi connectivity index (χ0n) is 32.9. The molecule has 1 aliphatic rings.